The molecule has 1 saturated carbocycles. The number of alkyl halides is 1. The van der Waals surface area contributed by atoms with Gasteiger partial charge in [-0.05, 0) is 66.2 Å². The van der Waals surface area contributed by atoms with E-state index in [1.54, 1.807) is 0 Å². The van der Waals surface area contributed by atoms with Crippen LogP contribution in [-0.4, -0.2) is 6.17 Å². The quantitative estimate of drug-likeness (QED) is 0.210. The Morgan fingerprint density at radius 2 is 1.40 bits per heavy atom. The van der Waals surface area contributed by atoms with Crippen LogP contribution in [0, 0.1) is 5.92 Å². The van der Waals surface area contributed by atoms with Gasteiger partial charge in [0.05, 0.1) is 0 Å². The first-order valence-electron chi connectivity index (χ1n) is 15.0. The van der Waals surface area contributed by atoms with Crippen molar-refractivity contribution in [3.63, 3.8) is 0 Å². The number of benzene rings is 2. The molecule has 194 valence electrons. The van der Waals surface area contributed by atoms with E-state index in [2.05, 4.69) is 62.4 Å². The highest BCUT2D eigenvalue weighted by Gasteiger charge is 2.23. The minimum Gasteiger partial charge on any atom is -0.247 e. The summed E-state index contributed by atoms with van der Waals surface area (Å²) in [6.07, 6.45) is 20.3. The first-order valence-corrected chi connectivity index (χ1v) is 15.0. The lowest BCUT2D eigenvalue weighted by molar-refractivity contribution is 0.299. The number of halogens is 1. The van der Waals surface area contributed by atoms with Gasteiger partial charge in [0.1, 0.15) is 6.17 Å². The Hall–Kier alpha value is -1.63. The van der Waals surface area contributed by atoms with Gasteiger partial charge in [-0.3, -0.25) is 0 Å². The standard InChI is InChI=1S/C34H51F/c1-3-5-7-9-10-12-16-28-20-22-29(23-21-28)31-24-25-34(30-17-13-11-14-18-30)32(26-31)27-33(35)19-15-8-6-4-2/h11,13-14,17-18,24-26,28-29,33H,3-10,12,15-16,19-23,27H2,1-2H3. The second kappa shape index (κ2) is 16.2. The predicted molar refractivity (Wildman–Crippen MR) is 152 cm³/mol. The number of hydrogen-bond donors (Lipinski definition) is 0. The minimum atomic E-state index is -0.738. The molecule has 1 aliphatic rings. The molecule has 0 heterocycles. The molecule has 0 nitrogen and oxygen atoms in total. The van der Waals surface area contributed by atoms with E-state index in [4.69, 9.17) is 0 Å². The summed E-state index contributed by atoms with van der Waals surface area (Å²) in [6, 6.07) is 17.6. The van der Waals surface area contributed by atoms with Crippen molar-refractivity contribution in [3.8, 4) is 11.1 Å². The Kier molecular flexibility index (Phi) is 12.9. The van der Waals surface area contributed by atoms with Crippen molar-refractivity contribution in [2.24, 2.45) is 5.92 Å². The van der Waals surface area contributed by atoms with Gasteiger partial charge in [-0.15, -0.1) is 0 Å². The lowest BCUT2D eigenvalue weighted by Gasteiger charge is -2.29. The van der Waals surface area contributed by atoms with E-state index in [9.17, 15) is 0 Å². The highest BCUT2D eigenvalue weighted by molar-refractivity contribution is 5.68. The molecule has 0 aromatic heterocycles. The highest BCUT2D eigenvalue weighted by atomic mass is 19.1. The van der Waals surface area contributed by atoms with Gasteiger partial charge in [-0.1, -0.05) is 133 Å². The lowest BCUT2D eigenvalue weighted by atomic mass is 9.76. The van der Waals surface area contributed by atoms with Gasteiger partial charge in [0.15, 0.2) is 0 Å². The molecular formula is C34H51F. The molecule has 0 N–H and O–H groups in total. The minimum absolute atomic E-state index is 0.553. The van der Waals surface area contributed by atoms with Crippen LogP contribution in [0.2, 0.25) is 0 Å². The molecule has 0 amide bonds. The van der Waals surface area contributed by atoms with Crippen molar-refractivity contribution in [2.45, 2.75) is 135 Å². The first-order chi connectivity index (χ1) is 17.2. The Balaban J connectivity index is 1.58. The van der Waals surface area contributed by atoms with Crippen LogP contribution in [0.1, 0.15) is 134 Å². The van der Waals surface area contributed by atoms with E-state index in [1.807, 2.05) is 0 Å². The summed E-state index contributed by atoms with van der Waals surface area (Å²) in [5, 5.41) is 0. The van der Waals surface area contributed by atoms with Crippen molar-refractivity contribution in [1.82, 2.24) is 0 Å². The van der Waals surface area contributed by atoms with Crippen molar-refractivity contribution in [3.05, 3.63) is 59.7 Å². The van der Waals surface area contributed by atoms with Gasteiger partial charge >= 0.3 is 0 Å². The molecule has 1 unspecified atom stereocenters. The Labute approximate surface area is 216 Å². The first kappa shape index (κ1) is 27.9. The number of hydrogen-bond acceptors (Lipinski definition) is 0. The van der Waals surface area contributed by atoms with E-state index < -0.39 is 6.17 Å². The van der Waals surface area contributed by atoms with Crippen molar-refractivity contribution < 1.29 is 4.39 Å². The third-order valence-corrected chi connectivity index (χ3v) is 8.31. The van der Waals surface area contributed by atoms with E-state index in [1.165, 1.54) is 106 Å². The van der Waals surface area contributed by atoms with Gasteiger partial charge < -0.3 is 0 Å². The summed E-state index contributed by atoms with van der Waals surface area (Å²) in [4.78, 5) is 0. The monoisotopic (exact) mass is 478 g/mol. The van der Waals surface area contributed by atoms with Crippen LogP contribution in [0.15, 0.2) is 48.5 Å². The van der Waals surface area contributed by atoms with E-state index in [-0.39, 0.29) is 0 Å². The number of rotatable bonds is 16. The average molecular weight is 479 g/mol. The molecule has 0 aliphatic heterocycles. The molecule has 1 atom stereocenters. The van der Waals surface area contributed by atoms with Crippen LogP contribution in [0.4, 0.5) is 4.39 Å². The van der Waals surface area contributed by atoms with Crippen molar-refractivity contribution in [1.29, 1.82) is 0 Å². The number of unbranched alkanes of at least 4 members (excludes halogenated alkanes) is 8. The maximum Gasteiger partial charge on any atom is 0.104 e. The third-order valence-electron chi connectivity index (χ3n) is 8.31. The molecule has 1 fully saturated rings. The molecule has 35 heavy (non-hydrogen) atoms. The van der Waals surface area contributed by atoms with Crippen LogP contribution in [-0.2, 0) is 6.42 Å². The molecule has 0 bridgehead atoms. The molecule has 0 spiro atoms. The average Bonchev–Trinajstić information content (AvgIpc) is 2.89. The van der Waals surface area contributed by atoms with Gasteiger partial charge in [0.2, 0.25) is 0 Å². The molecular weight excluding hydrogens is 427 g/mol. The molecule has 0 saturated heterocycles. The van der Waals surface area contributed by atoms with E-state index >= 15 is 4.39 Å². The maximum absolute atomic E-state index is 15.1. The normalized spacial score (nSPS) is 19.1. The lowest BCUT2D eigenvalue weighted by Crippen LogP contribution is -2.14. The fourth-order valence-electron chi connectivity index (χ4n) is 6.07. The van der Waals surface area contributed by atoms with Crippen LogP contribution in [0.3, 0.4) is 0 Å². The largest absolute Gasteiger partial charge is 0.247 e. The highest BCUT2D eigenvalue weighted by Crippen LogP contribution is 2.39. The van der Waals surface area contributed by atoms with Gasteiger partial charge in [-0.2, -0.15) is 0 Å². The second-order valence-corrected chi connectivity index (χ2v) is 11.2. The maximum atomic E-state index is 15.1. The van der Waals surface area contributed by atoms with Gasteiger partial charge in [-0.25, -0.2) is 4.39 Å². The van der Waals surface area contributed by atoms with Crippen LogP contribution in [0.25, 0.3) is 11.1 Å². The third kappa shape index (κ3) is 9.74. The van der Waals surface area contributed by atoms with Gasteiger partial charge in [0, 0.05) is 6.42 Å². The Bertz CT molecular complexity index is 803. The van der Waals surface area contributed by atoms with Crippen molar-refractivity contribution >= 4 is 0 Å². The van der Waals surface area contributed by atoms with Crippen LogP contribution in [0.5, 0.6) is 0 Å². The van der Waals surface area contributed by atoms with Gasteiger partial charge in [0.25, 0.3) is 0 Å². The summed E-state index contributed by atoms with van der Waals surface area (Å²) >= 11 is 0. The van der Waals surface area contributed by atoms with E-state index in [0.29, 0.717) is 18.8 Å². The summed E-state index contributed by atoms with van der Waals surface area (Å²) < 4.78 is 15.1. The Morgan fingerprint density at radius 3 is 2.11 bits per heavy atom. The summed E-state index contributed by atoms with van der Waals surface area (Å²) in [5.41, 5.74) is 5.11. The topological polar surface area (TPSA) is 0 Å². The molecule has 0 radical (unpaired) electrons. The zero-order valence-electron chi connectivity index (χ0n) is 22.7. The Morgan fingerprint density at radius 1 is 0.743 bits per heavy atom. The molecule has 3 rings (SSSR count). The molecule has 2 aromatic rings. The fourth-order valence-corrected chi connectivity index (χ4v) is 6.07. The van der Waals surface area contributed by atoms with Crippen LogP contribution < -0.4 is 0 Å². The van der Waals surface area contributed by atoms with Crippen molar-refractivity contribution in [2.75, 3.05) is 0 Å². The fraction of sp³-hybridized carbons (Fsp3) is 0.647. The SMILES string of the molecule is CCCCCCCCC1CCC(c2ccc(-c3ccccc3)c(CC(F)CCCCCC)c2)CC1. The van der Waals surface area contributed by atoms with E-state index in [0.717, 1.165) is 18.8 Å². The zero-order chi connectivity index (χ0) is 24.7. The molecule has 2 aromatic carbocycles. The summed E-state index contributed by atoms with van der Waals surface area (Å²) in [6.45, 7) is 4.51. The predicted octanol–water partition coefficient (Wildman–Crippen LogP) is 11.2. The summed E-state index contributed by atoms with van der Waals surface area (Å²) in [7, 11) is 0. The summed E-state index contributed by atoms with van der Waals surface area (Å²) in [5.74, 6) is 1.58. The second-order valence-electron chi connectivity index (χ2n) is 11.2. The smallest absolute Gasteiger partial charge is 0.104 e. The molecule has 1 aliphatic carbocycles. The zero-order valence-corrected chi connectivity index (χ0v) is 22.7. The van der Waals surface area contributed by atoms with Crippen LogP contribution >= 0.6 is 0 Å². The molecule has 1 heteroatoms.